The maximum atomic E-state index is 11.8. The van der Waals surface area contributed by atoms with E-state index in [1.165, 1.54) is 0 Å². The van der Waals surface area contributed by atoms with Crippen LogP contribution in [0.4, 0.5) is 5.82 Å². The Hall–Kier alpha value is -1.62. The summed E-state index contributed by atoms with van der Waals surface area (Å²) in [6, 6.07) is 9.45. The van der Waals surface area contributed by atoms with Crippen LogP contribution in [0.25, 0.3) is 0 Å². The van der Waals surface area contributed by atoms with Crippen LogP contribution in [0.1, 0.15) is 11.3 Å². The highest BCUT2D eigenvalue weighted by molar-refractivity contribution is 9.10. The van der Waals surface area contributed by atoms with Crippen LogP contribution in [0.5, 0.6) is 0 Å². The zero-order valence-corrected chi connectivity index (χ0v) is 10.9. The van der Waals surface area contributed by atoms with Gasteiger partial charge in [-0.1, -0.05) is 34.1 Å². The van der Waals surface area contributed by atoms with E-state index < -0.39 is 0 Å². The average molecular weight is 294 g/mol. The quantitative estimate of drug-likeness (QED) is 0.914. The minimum absolute atomic E-state index is 0.0802. The van der Waals surface area contributed by atoms with Crippen molar-refractivity contribution >= 4 is 27.7 Å². The Morgan fingerprint density at radius 1 is 1.47 bits per heavy atom. The number of amides is 1. The first-order valence-corrected chi connectivity index (χ1v) is 6.00. The Labute approximate surface area is 108 Å². The lowest BCUT2D eigenvalue weighted by Gasteiger charge is -2.03. The van der Waals surface area contributed by atoms with Gasteiger partial charge in [-0.3, -0.25) is 9.89 Å². The molecule has 1 heterocycles. The van der Waals surface area contributed by atoms with Gasteiger partial charge >= 0.3 is 0 Å². The number of H-pyrrole nitrogens is 1. The molecule has 2 N–H and O–H groups in total. The zero-order valence-electron chi connectivity index (χ0n) is 9.33. The van der Waals surface area contributed by atoms with Crippen LogP contribution in [-0.4, -0.2) is 16.1 Å². The van der Waals surface area contributed by atoms with Crippen LogP contribution in [0.3, 0.4) is 0 Å². The molecule has 2 rings (SSSR count). The van der Waals surface area contributed by atoms with E-state index in [0.29, 0.717) is 12.2 Å². The number of carbonyl (C=O) groups excluding carboxylic acids is 1. The number of aryl methyl sites for hydroxylation is 1. The lowest BCUT2D eigenvalue weighted by molar-refractivity contribution is -0.115. The summed E-state index contributed by atoms with van der Waals surface area (Å²) in [7, 11) is 0. The summed E-state index contributed by atoms with van der Waals surface area (Å²) in [6.45, 7) is 1.89. The third kappa shape index (κ3) is 3.17. The van der Waals surface area contributed by atoms with Gasteiger partial charge in [0.05, 0.1) is 6.42 Å². The highest BCUT2D eigenvalue weighted by atomic mass is 79.9. The molecule has 0 aliphatic rings. The van der Waals surface area contributed by atoms with E-state index >= 15 is 0 Å². The maximum Gasteiger partial charge on any atom is 0.230 e. The van der Waals surface area contributed by atoms with E-state index in [0.717, 1.165) is 15.7 Å². The molecule has 0 unspecified atom stereocenters. The second kappa shape index (κ2) is 5.14. The van der Waals surface area contributed by atoms with E-state index in [4.69, 9.17) is 0 Å². The maximum absolute atomic E-state index is 11.8. The highest BCUT2D eigenvalue weighted by Crippen LogP contribution is 2.16. The molecule has 0 saturated heterocycles. The first kappa shape index (κ1) is 11.9. The number of anilines is 1. The second-order valence-corrected chi connectivity index (χ2v) is 4.61. The molecule has 0 atom stereocenters. The fraction of sp³-hybridized carbons (Fsp3) is 0.167. The van der Waals surface area contributed by atoms with Gasteiger partial charge in [0, 0.05) is 16.2 Å². The molecule has 0 fully saturated rings. The van der Waals surface area contributed by atoms with Crippen molar-refractivity contribution in [1.29, 1.82) is 0 Å². The van der Waals surface area contributed by atoms with Crippen molar-refractivity contribution in [1.82, 2.24) is 10.2 Å². The molecule has 88 valence electrons. The summed E-state index contributed by atoms with van der Waals surface area (Å²) in [5.74, 6) is 0.475. The molecule has 0 spiro atoms. The monoisotopic (exact) mass is 293 g/mol. The van der Waals surface area contributed by atoms with Crippen molar-refractivity contribution in [2.75, 3.05) is 5.32 Å². The standard InChI is InChI=1S/C12H12BrN3O/c1-8-6-11(16-15-8)14-12(17)7-9-4-2-3-5-10(9)13/h2-6H,7H2,1H3,(H2,14,15,16,17). The van der Waals surface area contributed by atoms with Crippen LogP contribution in [-0.2, 0) is 11.2 Å². The van der Waals surface area contributed by atoms with Gasteiger partial charge in [-0.2, -0.15) is 5.10 Å². The number of rotatable bonds is 3. The molecule has 1 aromatic carbocycles. The van der Waals surface area contributed by atoms with Crippen molar-refractivity contribution in [2.24, 2.45) is 0 Å². The summed E-state index contributed by atoms with van der Waals surface area (Å²) < 4.78 is 0.938. The van der Waals surface area contributed by atoms with Gasteiger partial charge < -0.3 is 5.32 Å². The van der Waals surface area contributed by atoms with Gasteiger partial charge in [0.2, 0.25) is 5.91 Å². The molecule has 0 saturated carbocycles. The smallest absolute Gasteiger partial charge is 0.230 e. The third-order valence-electron chi connectivity index (χ3n) is 2.28. The SMILES string of the molecule is Cc1cc(NC(=O)Cc2ccccc2Br)n[nH]1. The Kier molecular flexibility index (Phi) is 3.58. The first-order chi connectivity index (χ1) is 8.15. The van der Waals surface area contributed by atoms with Crippen molar-refractivity contribution < 1.29 is 4.79 Å². The fourth-order valence-electron chi connectivity index (χ4n) is 1.48. The topological polar surface area (TPSA) is 57.8 Å². The summed E-state index contributed by atoms with van der Waals surface area (Å²) in [5, 5.41) is 9.46. The molecule has 5 heteroatoms. The van der Waals surface area contributed by atoms with E-state index in [-0.39, 0.29) is 5.91 Å². The summed E-state index contributed by atoms with van der Waals surface area (Å²) in [6.07, 6.45) is 0.327. The minimum Gasteiger partial charge on any atom is -0.309 e. The number of hydrogen-bond acceptors (Lipinski definition) is 2. The van der Waals surface area contributed by atoms with Gasteiger partial charge in [-0.05, 0) is 18.6 Å². The number of aromatic nitrogens is 2. The molecular weight excluding hydrogens is 282 g/mol. The molecule has 0 aliphatic heterocycles. The van der Waals surface area contributed by atoms with Crippen LogP contribution < -0.4 is 5.32 Å². The summed E-state index contributed by atoms with van der Waals surface area (Å²) in [4.78, 5) is 11.8. The Morgan fingerprint density at radius 3 is 2.88 bits per heavy atom. The van der Waals surface area contributed by atoms with E-state index in [9.17, 15) is 4.79 Å². The van der Waals surface area contributed by atoms with Gasteiger partial charge in [0.15, 0.2) is 5.82 Å². The Bertz CT molecular complexity index is 536. The fourth-order valence-corrected chi connectivity index (χ4v) is 1.91. The third-order valence-corrected chi connectivity index (χ3v) is 3.06. The van der Waals surface area contributed by atoms with Crippen molar-refractivity contribution in [3.63, 3.8) is 0 Å². The molecule has 1 aromatic heterocycles. The van der Waals surface area contributed by atoms with Gasteiger partial charge in [0.1, 0.15) is 0 Å². The van der Waals surface area contributed by atoms with Crippen molar-refractivity contribution in [2.45, 2.75) is 13.3 Å². The first-order valence-electron chi connectivity index (χ1n) is 5.20. The Balaban J connectivity index is 2.01. The van der Waals surface area contributed by atoms with Gasteiger partial charge in [-0.15, -0.1) is 0 Å². The van der Waals surface area contributed by atoms with Crippen LogP contribution in [0, 0.1) is 6.92 Å². The van der Waals surface area contributed by atoms with Crippen LogP contribution >= 0.6 is 15.9 Å². The minimum atomic E-state index is -0.0802. The normalized spacial score (nSPS) is 10.2. The number of hydrogen-bond donors (Lipinski definition) is 2. The van der Waals surface area contributed by atoms with Crippen molar-refractivity contribution in [3.05, 3.63) is 46.1 Å². The summed E-state index contributed by atoms with van der Waals surface area (Å²) >= 11 is 3.41. The van der Waals surface area contributed by atoms with Crippen LogP contribution in [0.2, 0.25) is 0 Å². The largest absolute Gasteiger partial charge is 0.309 e. The second-order valence-electron chi connectivity index (χ2n) is 3.75. The molecule has 1 amide bonds. The number of nitrogens with zero attached hydrogens (tertiary/aromatic N) is 1. The zero-order chi connectivity index (χ0) is 12.3. The molecule has 0 radical (unpaired) electrons. The van der Waals surface area contributed by atoms with E-state index in [1.807, 2.05) is 31.2 Å². The van der Waals surface area contributed by atoms with E-state index in [1.54, 1.807) is 6.07 Å². The molecular formula is C12H12BrN3O. The average Bonchev–Trinajstić information content (AvgIpc) is 2.67. The number of aromatic amines is 1. The predicted octanol–water partition coefficient (Wildman–Crippen LogP) is 2.66. The molecule has 4 nitrogen and oxygen atoms in total. The van der Waals surface area contributed by atoms with Gasteiger partial charge in [0.25, 0.3) is 0 Å². The van der Waals surface area contributed by atoms with Crippen molar-refractivity contribution in [3.8, 4) is 0 Å². The molecule has 0 aliphatic carbocycles. The molecule has 17 heavy (non-hydrogen) atoms. The highest BCUT2D eigenvalue weighted by Gasteiger charge is 2.07. The lowest BCUT2D eigenvalue weighted by atomic mass is 10.1. The van der Waals surface area contributed by atoms with E-state index in [2.05, 4.69) is 31.4 Å². The number of benzene rings is 1. The number of halogens is 1. The number of carbonyl (C=O) groups is 1. The van der Waals surface area contributed by atoms with Crippen LogP contribution in [0.15, 0.2) is 34.8 Å². The Morgan fingerprint density at radius 2 is 2.24 bits per heavy atom. The predicted molar refractivity (Wildman–Crippen MR) is 69.8 cm³/mol. The lowest BCUT2D eigenvalue weighted by Crippen LogP contribution is -2.14. The summed E-state index contributed by atoms with van der Waals surface area (Å²) in [5.41, 5.74) is 1.87. The molecule has 2 aromatic rings. The number of nitrogens with one attached hydrogen (secondary N) is 2. The van der Waals surface area contributed by atoms with Gasteiger partial charge in [-0.25, -0.2) is 0 Å². The molecule has 0 bridgehead atoms.